The van der Waals surface area contributed by atoms with Gasteiger partial charge >= 0.3 is 0 Å². The summed E-state index contributed by atoms with van der Waals surface area (Å²) in [6.07, 6.45) is 1.22. The molecule has 2 aromatic rings. The number of fused-ring (bicyclic) bond motifs is 1. The summed E-state index contributed by atoms with van der Waals surface area (Å²) in [5.41, 5.74) is 2.29. The van der Waals surface area contributed by atoms with Gasteiger partial charge in [-0.05, 0) is 37.8 Å². The first-order valence-electron chi connectivity index (χ1n) is 7.00. The van der Waals surface area contributed by atoms with Gasteiger partial charge in [0.05, 0.1) is 0 Å². The Bertz CT molecular complexity index is 520. The number of hydrogen-bond acceptors (Lipinski definition) is 3. The summed E-state index contributed by atoms with van der Waals surface area (Å²) < 4.78 is 5.79. The zero-order chi connectivity index (χ0) is 13.7. The molecule has 0 saturated carbocycles. The van der Waals surface area contributed by atoms with Crippen molar-refractivity contribution in [3.63, 3.8) is 0 Å². The Labute approximate surface area is 119 Å². The van der Waals surface area contributed by atoms with E-state index in [1.165, 1.54) is 28.9 Å². The molecule has 2 rings (SSSR count). The molecule has 1 aromatic carbocycles. The SMILES string of the molecule is CCSCCC(C)NCc1c(C)oc2ccccc12. The van der Waals surface area contributed by atoms with Crippen LogP contribution in [-0.2, 0) is 6.54 Å². The largest absolute Gasteiger partial charge is 0.461 e. The van der Waals surface area contributed by atoms with Gasteiger partial charge in [-0.25, -0.2) is 0 Å². The van der Waals surface area contributed by atoms with Crippen LogP contribution in [0.3, 0.4) is 0 Å². The molecular formula is C16H23NOS. The van der Waals surface area contributed by atoms with Crippen molar-refractivity contribution in [3.8, 4) is 0 Å². The van der Waals surface area contributed by atoms with E-state index >= 15 is 0 Å². The van der Waals surface area contributed by atoms with E-state index in [2.05, 4.69) is 38.2 Å². The Balaban J connectivity index is 1.96. The molecule has 0 bridgehead atoms. The molecule has 0 aliphatic rings. The van der Waals surface area contributed by atoms with Crippen LogP contribution in [0.2, 0.25) is 0 Å². The second-order valence-corrected chi connectivity index (χ2v) is 6.29. The Morgan fingerprint density at radius 3 is 2.89 bits per heavy atom. The lowest BCUT2D eigenvalue weighted by atomic mass is 10.1. The highest BCUT2D eigenvalue weighted by Gasteiger charge is 2.11. The molecule has 0 radical (unpaired) electrons. The molecule has 0 fully saturated rings. The fourth-order valence-corrected chi connectivity index (χ4v) is 3.03. The number of hydrogen-bond donors (Lipinski definition) is 1. The van der Waals surface area contributed by atoms with Crippen molar-refractivity contribution in [2.45, 2.75) is 39.8 Å². The van der Waals surface area contributed by atoms with Gasteiger partial charge in [0, 0.05) is 23.5 Å². The van der Waals surface area contributed by atoms with Gasteiger partial charge in [0.25, 0.3) is 0 Å². The van der Waals surface area contributed by atoms with Gasteiger partial charge in [-0.3, -0.25) is 0 Å². The number of thioether (sulfide) groups is 1. The smallest absolute Gasteiger partial charge is 0.134 e. The van der Waals surface area contributed by atoms with Crippen LogP contribution < -0.4 is 5.32 Å². The van der Waals surface area contributed by atoms with Crippen LogP contribution in [0.25, 0.3) is 11.0 Å². The molecule has 1 unspecified atom stereocenters. The average Bonchev–Trinajstić information content (AvgIpc) is 2.72. The normalized spacial score (nSPS) is 13.0. The third kappa shape index (κ3) is 3.77. The van der Waals surface area contributed by atoms with E-state index in [1.807, 2.05) is 23.9 Å². The highest BCUT2D eigenvalue weighted by molar-refractivity contribution is 7.99. The van der Waals surface area contributed by atoms with E-state index in [1.54, 1.807) is 0 Å². The predicted molar refractivity (Wildman–Crippen MR) is 84.9 cm³/mol. The number of benzene rings is 1. The van der Waals surface area contributed by atoms with Crippen LogP contribution in [-0.4, -0.2) is 17.5 Å². The van der Waals surface area contributed by atoms with Crippen LogP contribution in [0.5, 0.6) is 0 Å². The summed E-state index contributed by atoms with van der Waals surface area (Å²) in [5, 5.41) is 4.84. The number of aryl methyl sites for hydroxylation is 1. The lowest BCUT2D eigenvalue weighted by Crippen LogP contribution is -2.26. The Kier molecular flexibility index (Phi) is 5.34. The van der Waals surface area contributed by atoms with Crippen molar-refractivity contribution in [2.75, 3.05) is 11.5 Å². The average molecular weight is 277 g/mol. The Morgan fingerprint density at radius 2 is 2.11 bits per heavy atom. The van der Waals surface area contributed by atoms with E-state index in [-0.39, 0.29) is 0 Å². The first-order valence-corrected chi connectivity index (χ1v) is 8.16. The fraction of sp³-hybridized carbons (Fsp3) is 0.500. The first kappa shape index (κ1) is 14.5. The van der Waals surface area contributed by atoms with Gasteiger partial charge in [-0.15, -0.1) is 0 Å². The Morgan fingerprint density at radius 1 is 1.32 bits per heavy atom. The second kappa shape index (κ2) is 7.01. The second-order valence-electron chi connectivity index (χ2n) is 4.90. The van der Waals surface area contributed by atoms with Crippen LogP contribution in [0.4, 0.5) is 0 Å². The molecule has 0 amide bonds. The quantitative estimate of drug-likeness (QED) is 0.761. The van der Waals surface area contributed by atoms with Crippen LogP contribution in [0.15, 0.2) is 28.7 Å². The zero-order valence-electron chi connectivity index (χ0n) is 12.0. The summed E-state index contributed by atoms with van der Waals surface area (Å²) in [6, 6.07) is 8.81. The van der Waals surface area contributed by atoms with E-state index in [0.29, 0.717) is 6.04 Å². The summed E-state index contributed by atoms with van der Waals surface area (Å²) in [4.78, 5) is 0. The van der Waals surface area contributed by atoms with E-state index < -0.39 is 0 Å². The minimum absolute atomic E-state index is 0.548. The number of furan rings is 1. The molecule has 2 nitrogen and oxygen atoms in total. The van der Waals surface area contributed by atoms with Crippen LogP contribution in [0, 0.1) is 6.92 Å². The monoisotopic (exact) mass is 277 g/mol. The highest BCUT2D eigenvalue weighted by Crippen LogP contribution is 2.25. The molecule has 0 aliphatic heterocycles. The first-order chi connectivity index (χ1) is 9.22. The third-order valence-corrected chi connectivity index (χ3v) is 4.36. The minimum atomic E-state index is 0.548. The topological polar surface area (TPSA) is 25.2 Å². The fourth-order valence-electron chi connectivity index (χ4n) is 2.22. The lowest BCUT2D eigenvalue weighted by molar-refractivity contribution is 0.523. The van der Waals surface area contributed by atoms with Crippen LogP contribution >= 0.6 is 11.8 Å². The molecule has 0 spiro atoms. The summed E-state index contributed by atoms with van der Waals surface area (Å²) in [7, 11) is 0. The summed E-state index contributed by atoms with van der Waals surface area (Å²) in [5.74, 6) is 3.47. The van der Waals surface area contributed by atoms with Gasteiger partial charge in [-0.2, -0.15) is 11.8 Å². The van der Waals surface area contributed by atoms with Gasteiger partial charge in [0.15, 0.2) is 0 Å². The van der Waals surface area contributed by atoms with Gasteiger partial charge in [0.1, 0.15) is 11.3 Å². The van der Waals surface area contributed by atoms with Crippen molar-refractivity contribution >= 4 is 22.7 Å². The molecule has 19 heavy (non-hydrogen) atoms. The van der Waals surface area contributed by atoms with E-state index in [9.17, 15) is 0 Å². The molecular weight excluding hydrogens is 254 g/mol. The van der Waals surface area contributed by atoms with Crippen LogP contribution in [0.1, 0.15) is 31.6 Å². The van der Waals surface area contributed by atoms with Crippen molar-refractivity contribution in [1.29, 1.82) is 0 Å². The predicted octanol–water partition coefficient (Wildman–Crippen LogP) is 4.36. The molecule has 0 saturated heterocycles. The number of nitrogens with one attached hydrogen (secondary N) is 1. The lowest BCUT2D eigenvalue weighted by Gasteiger charge is -2.13. The van der Waals surface area contributed by atoms with Crippen molar-refractivity contribution in [2.24, 2.45) is 0 Å². The molecule has 3 heteroatoms. The maximum atomic E-state index is 5.79. The van der Waals surface area contributed by atoms with E-state index in [4.69, 9.17) is 4.42 Å². The maximum Gasteiger partial charge on any atom is 0.134 e. The molecule has 1 N–H and O–H groups in total. The summed E-state index contributed by atoms with van der Waals surface area (Å²) >= 11 is 2.01. The molecule has 1 atom stereocenters. The highest BCUT2D eigenvalue weighted by atomic mass is 32.2. The standard InChI is InChI=1S/C16H23NOS/c1-4-19-10-9-12(2)17-11-15-13(3)18-16-8-6-5-7-14(15)16/h5-8,12,17H,4,9-11H2,1-3H3. The molecule has 1 heterocycles. The molecule has 1 aromatic heterocycles. The Hall–Kier alpha value is -0.930. The van der Waals surface area contributed by atoms with Crippen molar-refractivity contribution < 1.29 is 4.42 Å². The van der Waals surface area contributed by atoms with Gasteiger partial charge in [0.2, 0.25) is 0 Å². The van der Waals surface area contributed by atoms with Crippen molar-refractivity contribution in [3.05, 3.63) is 35.6 Å². The van der Waals surface area contributed by atoms with Crippen molar-refractivity contribution in [1.82, 2.24) is 5.32 Å². The summed E-state index contributed by atoms with van der Waals surface area (Å²) in [6.45, 7) is 7.41. The minimum Gasteiger partial charge on any atom is -0.461 e. The molecule has 0 aliphatic carbocycles. The third-order valence-electron chi connectivity index (χ3n) is 3.43. The van der Waals surface area contributed by atoms with E-state index in [0.717, 1.165) is 17.9 Å². The van der Waals surface area contributed by atoms with Gasteiger partial charge < -0.3 is 9.73 Å². The zero-order valence-corrected chi connectivity index (χ0v) is 12.8. The molecule has 104 valence electrons. The number of para-hydroxylation sites is 1. The maximum absolute atomic E-state index is 5.79. The van der Waals surface area contributed by atoms with Gasteiger partial charge in [-0.1, -0.05) is 25.1 Å². The number of rotatable bonds is 7.